The van der Waals surface area contributed by atoms with Crippen LogP contribution in [0.25, 0.3) is 6.08 Å². The van der Waals surface area contributed by atoms with Gasteiger partial charge in [0.15, 0.2) is 0 Å². The number of carboxylic acid groups (broad SMARTS) is 1. The molecule has 2 heterocycles. The van der Waals surface area contributed by atoms with Gasteiger partial charge < -0.3 is 20.1 Å². The largest absolute Gasteiger partial charge is 0.480 e. The number of anilines is 1. The highest BCUT2D eigenvalue weighted by atomic mass is 32.2. The summed E-state index contributed by atoms with van der Waals surface area (Å²) in [6.45, 7) is 2.06. The molecule has 0 aromatic heterocycles. The molecule has 0 bridgehead atoms. The number of amides is 1. The molecule has 2 aliphatic rings. The maximum absolute atomic E-state index is 14.2. The Balaban J connectivity index is 1.57. The van der Waals surface area contributed by atoms with Crippen molar-refractivity contribution in [2.24, 2.45) is 0 Å². The van der Waals surface area contributed by atoms with Crippen LogP contribution in [-0.4, -0.2) is 78.8 Å². The Labute approximate surface area is 242 Å². The average Bonchev–Trinajstić information content (AvgIpc) is 2.92. The van der Waals surface area contributed by atoms with Gasteiger partial charge in [-0.3, -0.25) is 14.5 Å². The van der Waals surface area contributed by atoms with Crippen LogP contribution in [0.1, 0.15) is 29.5 Å². The first-order valence-corrected chi connectivity index (χ1v) is 14.0. The van der Waals surface area contributed by atoms with Crippen molar-refractivity contribution in [1.29, 1.82) is 0 Å². The number of carbonyl (C=O) groups is 2. The van der Waals surface area contributed by atoms with Gasteiger partial charge in [0.05, 0.1) is 30.9 Å². The molecular weight excluding hydrogens is 588 g/mol. The number of halogens is 6. The summed E-state index contributed by atoms with van der Waals surface area (Å²) < 4.78 is 90.3. The van der Waals surface area contributed by atoms with Crippen molar-refractivity contribution >= 4 is 35.4 Å². The molecule has 2 aliphatic heterocycles. The van der Waals surface area contributed by atoms with Crippen LogP contribution in [-0.2, 0) is 26.7 Å². The van der Waals surface area contributed by atoms with Gasteiger partial charge in [0.25, 0.3) is 0 Å². The van der Waals surface area contributed by atoms with Crippen molar-refractivity contribution in [3.8, 4) is 0 Å². The van der Waals surface area contributed by atoms with E-state index in [1.54, 1.807) is 23.1 Å². The lowest BCUT2D eigenvalue weighted by Crippen LogP contribution is -2.41. The second kappa shape index (κ2) is 13.4. The van der Waals surface area contributed by atoms with Crippen molar-refractivity contribution in [3.05, 3.63) is 59.2 Å². The van der Waals surface area contributed by atoms with Gasteiger partial charge in [0.1, 0.15) is 0 Å². The average molecular weight is 618 g/mol. The summed E-state index contributed by atoms with van der Waals surface area (Å²) in [4.78, 5) is 26.1. The molecule has 0 spiro atoms. The first-order valence-electron chi connectivity index (χ1n) is 13.2. The summed E-state index contributed by atoms with van der Waals surface area (Å²) >= 11 is 0.564. The van der Waals surface area contributed by atoms with Crippen molar-refractivity contribution in [3.63, 3.8) is 0 Å². The third-order valence-corrected chi connectivity index (χ3v) is 7.92. The Morgan fingerprint density at radius 3 is 2.26 bits per heavy atom. The molecule has 1 amide bonds. The fraction of sp³-hybridized carbons (Fsp3) is 0.429. The number of benzene rings is 2. The van der Waals surface area contributed by atoms with E-state index >= 15 is 0 Å². The number of morpholine rings is 1. The lowest BCUT2D eigenvalue weighted by Gasteiger charge is -2.31. The first kappa shape index (κ1) is 31.7. The second-order valence-electron chi connectivity index (χ2n) is 9.89. The molecule has 7 nitrogen and oxygen atoms in total. The fourth-order valence-corrected chi connectivity index (χ4v) is 5.94. The predicted molar refractivity (Wildman–Crippen MR) is 144 cm³/mol. The normalized spacial score (nSPS) is 17.5. The molecule has 2 fully saturated rings. The van der Waals surface area contributed by atoms with E-state index in [4.69, 9.17) is 9.84 Å². The Morgan fingerprint density at radius 2 is 1.64 bits per heavy atom. The SMILES string of the molecule is O=C(O)CN1CCC(Nc2cccc(Sc3ccc(C=CC(=O)N4CCOCC4)c(C(F)(F)F)c3C(F)(F)F)c2)CC1. The zero-order valence-corrected chi connectivity index (χ0v) is 23.1. The number of aliphatic carboxylic acids is 1. The third kappa shape index (κ3) is 8.42. The van der Waals surface area contributed by atoms with Crippen LogP contribution in [0.5, 0.6) is 0 Å². The molecule has 0 aliphatic carbocycles. The lowest BCUT2D eigenvalue weighted by molar-refractivity contribution is -0.163. The molecule has 2 N–H and O–H groups in total. The van der Waals surface area contributed by atoms with E-state index < -0.39 is 45.8 Å². The number of hydrogen-bond donors (Lipinski definition) is 2. The number of alkyl halides is 6. The van der Waals surface area contributed by atoms with Crippen LogP contribution in [0.15, 0.2) is 52.3 Å². The number of likely N-dealkylation sites (tertiary alicyclic amines) is 1. The minimum atomic E-state index is -5.35. The zero-order chi connectivity index (χ0) is 30.5. The predicted octanol–water partition coefficient (Wildman–Crippen LogP) is 5.71. The molecule has 14 heteroatoms. The number of nitrogens with zero attached hydrogens (tertiary/aromatic N) is 2. The van der Waals surface area contributed by atoms with E-state index in [9.17, 15) is 35.9 Å². The molecule has 0 saturated carbocycles. The Hall–Kier alpha value is -3.23. The summed E-state index contributed by atoms with van der Waals surface area (Å²) in [5.41, 5.74) is -3.84. The molecule has 2 saturated heterocycles. The molecule has 2 aromatic rings. The van der Waals surface area contributed by atoms with Crippen LogP contribution < -0.4 is 5.32 Å². The quantitative estimate of drug-likeness (QED) is 0.290. The molecule has 0 unspecified atom stereocenters. The van der Waals surface area contributed by atoms with E-state index in [0.717, 1.165) is 24.3 Å². The van der Waals surface area contributed by atoms with Crippen molar-refractivity contribution in [2.45, 2.75) is 41.0 Å². The molecule has 0 radical (unpaired) electrons. The monoisotopic (exact) mass is 617 g/mol. The van der Waals surface area contributed by atoms with Gasteiger partial charge in [-0.2, -0.15) is 26.3 Å². The van der Waals surface area contributed by atoms with Gasteiger partial charge in [-0.05, 0) is 48.7 Å². The Bertz CT molecular complexity index is 1300. The topological polar surface area (TPSA) is 82.1 Å². The smallest absolute Gasteiger partial charge is 0.418 e. The van der Waals surface area contributed by atoms with Gasteiger partial charge in [0, 0.05) is 53.8 Å². The highest BCUT2D eigenvalue weighted by molar-refractivity contribution is 7.99. The number of ether oxygens (including phenoxy) is 1. The van der Waals surface area contributed by atoms with Crippen LogP contribution in [0.3, 0.4) is 0 Å². The Morgan fingerprint density at radius 1 is 0.976 bits per heavy atom. The van der Waals surface area contributed by atoms with Gasteiger partial charge in [-0.1, -0.05) is 23.9 Å². The minimum absolute atomic E-state index is 0.00380. The standard InChI is InChI=1S/C28H29F6N3O4S/c29-27(30,31)25-18(5-7-23(38)37-12-14-41-15-13-37)4-6-22(26(25)28(32,33)34)42-21-3-1-2-20(16-21)35-19-8-10-36(11-9-19)17-24(39)40/h1-7,16,19,35H,8-15,17H2,(H,39,40). The summed E-state index contributed by atoms with van der Waals surface area (Å²) in [6.07, 6.45) is -7.74. The van der Waals surface area contributed by atoms with Crippen LogP contribution in [0, 0.1) is 0 Å². The Kier molecular flexibility index (Phi) is 10.1. The van der Waals surface area contributed by atoms with Gasteiger partial charge in [-0.15, -0.1) is 0 Å². The van der Waals surface area contributed by atoms with E-state index in [1.807, 2.05) is 0 Å². The maximum Gasteiger partial charge on any atom is 0.418 e. The molecule has 228 valence electrons. The van der Waals surface area contributed by atoms with Crippen molar-refractivity contribution in [1.82, 2.24) is 9.80 Å². The van der Waals surface area contributed by atoms with Crippen LogP contribution in [0.2, 0.25) is 0 Å². The van der Waals surface area contributed by atoms with Gasteiger partial charge >= 0.3 is 18.3 Å². The zero-order valence-electron chi connectivity index (χ0n) is 22.3. The highest BCUT2D eigenvalue weighted by Crippen LogP contribution is 2.48. The number of nitrogens with one attached hydrogen (secondary N) is 1. The molecule has 42 heavy (non-hydrogen) atoms. The second-order valence-corrected chi connectivity index (χ2v) is 11.0. The summed E-state index contributed by atoms with van der Waals surface area (Å²) in [7, 11) is 0. The van der Waals surface area contributed by atoms with Gasteiger partial charge in [-0.25, -0.2) is 0 Å². The number of carbonyl (C=O) groups excluding carboxylic acids is 1. The highest BCUT2D eigenvalue weighted by Gasteiger charge is 2.46. The summed E-state index contributed by atoms with van der Waals surface area (Å²) in [6, 6.07) is 8.31. The molecular formula is C28H29F6N3O4S. The number of piperidine rings is 1. The summed E-state index contributed by atoms with van der Waals surface area (Å²) in [5.74, 6) is -1.53. The lowest BCUT2D eigenvalue weighted by atomic mass is 9.99. The molecule has 0 atom stereocenters. The van der Waals surface area contributed by atoms with Gasteiger partial charge in [0.2, 0.25) is 5.91 Å². The number of carboxylic acids is 1. The fourth-order valence-electron chi connectivity index (χ4n) is 4.90. The van der Waals surface area contributed by atoms with E-state index in [2.05, 4.69) is 5.32 Å². The minimum Gasteiger partial charge on any atom is -0.480 e. The van der Waals surface area contributed by atoms with Crippen molar-refractivity contribution in [2.75, 3.05) is 51.3 Å². The molecule has 4 rings (SSSR count). The van der Waals surface area contributed by atoms with E-state index in [0.29, 0.717) is 48.3 Å². The van der Waals surface area contributed by atoms with Crippen LogP contribution in [0.4, 0.5) is 32.0 Å². The van der Waals surface area contributed by atoms with Crippen LogP contribution >= 0.6 is 11.8 Å². The maximum atomic E-state index is 14.2. The first-order chi connectivity index (χ1) is 19.8. The third-order valence-electron chi connectivity index (χ3n) is 6.87. The van der Waals surface area contributed by atoms with E-state index in [1.165, 1.54) is 11.0 Å². The summed E-state index contributed by atoms with van der Waals surface area (Å²) in [5, 5.41) is 12.2. The molecule has 2 aromatic carbocycles. The number of hydrogen-bond acceptors (Lipinski definition) is 6. The van der Waals surface area contributed by atoms with E-state index in [-0.39, 0.29) is 38.9 Å². The van der Waals surface area contributed by atoms with Crippen molar-refractivity contribution < 1.29 is 45.8 Å². The number of rotatable bonds is 8.